The molecule has 0 fully saturated rings. The number of pyridine rings is 2. The van der Waals surface area contributed by atoms with Gasteiger partial charge in [0.05, 0.1) is 11.6 Å². The fourth-order valence-corrected chi connectivity index (χ4v) is 2.39. The molecule has 3 nitrogen and oxygen atoms in total. The van der Waals surface area contributed by atoms with Crippen molar-refractivity contribution < 1.29 is 0 Å². The van der Waals surface area contributed by atoms with Gasteiger partial charge in [-0.2, -0.15) is 0 Å². The van der Waals surface area contributed by atoms with E-state index in [0.717, 1.165) is 27.7 Å². The Balaban J connectivity index is 2.17. The largest absolute Gasteiger partial charge is 0.320 e. The van der Waals surface area contributed by atoms with Crippen LogP contribution in [0.1, 0.15) is 22.9 Å². The van der Waals surface area contributed by atoms with Crippen LogP contribution >= 0.6 is 0 Å². The van der Waals surface area contributed by atoms with Crippen LogP contribution in [-0.4, -0.2) is 9.97 Å². The first-order chi connectivity index (χ1) is 9.27. The van der Waals surface area contributed by atoms with E-state index < -0.39 is 0 Å². The first-order valence-corrected chi connectivity index (χ1v) is 6.28. The molecule has 0 amide bonds. The molecule has 2 heterocycles. The van der Waals surface area contributed by atoms with Gasteiger partial charge in [0.2, 0.25) is 0 Å². The lowest BCUT2D eigenvalue weighted by Crippen LogP contribution is -2.14. The van der Waals surface area contributed by atoms with Crippen LogP contribution in [0.5, 0.6) is 0 Å². The fourth-order valence-electron chi connectivity index (χ4n) is 2.39. The van der Waals surface area contributed by atoms with E-state index in [1.807, 2.05) is 37.3 Å². The van der Waals surface area contributed by atoms with Crippen LogP contribution in [-0.2, 0) is 0 Å². The van der Waals surface area contributed by atoms with Crippen molar-refractivity contribution in [3.05, 3.63) is 71.7 Å². The van der Waals surface area contributed by atoms with Crippen molar-refractivity contribution in [2.45, 2.75) is 13.0 Å². The van der Waals surface area contributed by atoms with Gasteiger partial charge < -0.3 is 5.73 Å². The van der Waals surface area contributed by atoms with Crippen molar-refractivity contribution in [3.63, 3.8) is 0 Å². The average molecular weight is 249 g/mol. The van der Waals surface area contributed by atoms with Crippen molar-refractivity contribution in [3.8, 4) is 0 Å². The maximum Gasteiger partial charge on any atom is 0.0705 e. The monoisotopic (exact) mass is 249 g/mol. The SMILES string of the molecule is Cc1ncccc1C(N)c1cccc2ncccc12. The van der Waals surface area contributed by atoms with E-state index in [4.69, 9.17) is 5.73 Å². The lowest BCUT2D eigenvalue weighted by molar-refractivity contribution is 0.856. The molecule has 94 valence electrons. The number of hydrogen-bond acceptors (Lipinski definition) is 3. The molecule has 19 heavy (non-hydrogen) atoms. The maximum atomic E-state index is 6.42. The molecule has 0 aliphatic carbocycles. The summed E-state index contributed by atoms with van der Waals surface area (Å²) in [4.78, 5) is 8.68. The zero-order valence-electron chi connectivity index (χ0n) is 10.7. The Morgan fingerprint density at radius 1 is 0.895 bits per heavy atom. The first-order valence-electron chi connectivity index (χ1n) is 6.28. The fraction of sp³-hybridized carbons (Fsp3) is 0.125. The zero-order valence-corrected chi connectivity index (χ0v) is 10.7. The van der Waals surface area contributed by atoms with Gasteiger partial charge in [-0.05, 0) is 36.2 Å². The van der Waals surface area contributed by atoms with Crippen LogP contribution in [0, 0.1) is 6.92 Å². The summed E-state index contributed by atoms with van der Waals surface area (Å²) in [5, 5.41) is 1.10. The molecule has 1 unspecified atom stereocenters. The summed E-state index contributed by atoms with van der Waals surface area (Å²) < 4.78 is 0. The summed E-state index contributed by atoms with van der Waals surface area (Å²) in [5.41, 5.74) is 10.5. The molecule has 2 aromatic heterocycles. The van der Waals surface area contributed by atoms with E-state index in [0.29, 0.717) is 0 Å². The van der Waals surface area contributed by atoms with Crippen LogP contribution in [0.25, 0.3) is 10.9 Å². The Morgan fingerprint density at radius 2 is 1.63 bits per heavy atom. The molecular formula is C16H15N3. The van der Waals surface area contributed by atoms with E-state index >= 15 is 0 Å². The molecule has 0 aliphatic rings. The smallest absolute Gasteiger partial charge is 0.0705 e. The Morgan fingerprint density at radius 3 is 2.47 bits per heavy atom. The molecule has 0 saturated carbocycles. The summed E-state index contributed by atoms with van der Waals surface area (Å²) in [6.45, 7) is 1.98. The van der Waals surface area contributed by atoms with Crippen molar-refractivity contribution in [1.82, 2.24) is 9.97 Å². The van der Waals surface area contributed by atoms with Gasteiger partial charge >= 0.3 is 0 Å². The molecule has 0 bridgehead atoms. The second-order valence-corrected chi connectivity index (χ2v) is 4.57. The van der Waals surface area contributed by atoms with Crippen LogP contribution in [0.2, 0.25) is 0 Å². The molecule has 3 aromatic rings. The van der Waals surface area contributed by atoms with Crippen LogP contribution in [0.3, 0.4) is 0 Å². The van der Waals surface area contributed by atoms with Crippen molar-refractivity contribution >= 4 is 10.9 Å². The second kappa shape index (κ2) is 4.78. The number of nitrogens with two attached hydrogens (primary N) is 1. The number of fused-ring (bicyclic) bond motifs is 1. The number of aryl methyl sites for hydroxylation is 1. The third kappa shape index (κ3) is 2.09. The number of hydrogen-bond donors (Lipinski definition) is 1. The first kappa shape index (κ1) is 11.8. The standard InChI is InChI=1S/C16H15N3/c1-11-12(6-3-9-18-11)16(17)14-5-2-8-15-13(14)7-4-10-19-15/h2-10,16H,17H2,1H3. The quantitative estimate of drug-likeness (QED) is 0.759. The summed E-state index contributed by atoms with van der Waals surface area (Å²) in [6.07, 6.45) is 3.59. The molecule has 0 aliphatic heterocycles. The van der Waals surface area contributed by atoms with Crippen molar-refractivity contribution in [1.29, 1.82) is 0 Å². The summed E-state index contributed by atoms with van der Waals surface area (Å²) >= 11 is 0. The van der Waals surface area contributed by atoms with E-state index in [2.05, 4.69) is 22.1 Å². The normalized spacial score (nSPS) is 12.5. The zero-order chi connectivity index (χ0) is 13.2. The molecule has 0 spiro atoms. The average Bonchev–Trinajstić information content (AvgIpc) is 2.46. The highest BCUT2D eigenvalue weighted by Gasteiger charge is 2.14. The van der Waals surface area contributed by atoms with Gasteiger partial charge in [0, 0.05) is 23.5 Å². The van der Waals surface area contributed by atoms with Gasteiger partial charge in [-0.15, -0.1) is 0 Å². The van der Waals surface area contributed by atoms with E-state index in [9.17, 15) is 0 Å². The van der Waals surface area contributed by atoms with Crippen LogP contribution in [0.15, 0.2) is 54.9 Å². The second-order valence-electron chi connectivity index (χ2n) is 4.57. The highest BCUT2D eigenvalue weighted by molar-refractivity contribution is 5.82. The number of benzene rings is 1. The number of nitrogens with zero attached hydrogens (tertiary/aromatic N) is 2. The molecule has 2 N–H and O–H groups in total. The molecule has 0 radical (unpaired) electrons. The van der Waals surface area contributed by atoms with Gasteiger partial charge in [-0.25, -0.2) is 0 Å². The molecule has 0 saturated heterocycles. The molecule has 1 aromatic carbocycles. The van der Waals surface area contributed by atoms with Crippen LogP contribution in [0.4, 0.5) is 0 Å². The Hall–Kier alpha value is -2.26. The minimum atomic E-state index is -0.179. The summed E-state index contributed by atoms with van der Waals surface area (Å²) in [7, 11) is 0. The van der Waals surface area contributed by atoms with Crippen molar-refractivity contribution in [2.75, 3.05) is 0 Å². The highest BCUT2D eigenvalue weighted by Crippen LogP contribution is 2.27. The highest BCUT2D eigenvalue weighted by atomic mass is 14.7. The predicted molar refractivity (Wildman–Crippen MR) is 76.7 cm³/mol. The number of aromatic nitrogens is 2. The summed E-state index contributed by atoms with van der Waals surface area (Å²) in [5.74, 6) is 0. The van der Waals surface area contributed by atoms with Gasteiger partial charge in [-0.3, -0.25) is 9.97 Å². The lowest BCUT2D eigenvalue weighted by atomic mass is 9.95. The maximum absolute atomic E-state index is 6.42. The predicted octanol–water partition coefficient (Wildman–Crippen LogP) is 2.99. The Labute approximate surface area is 112 Å². The third-order valence-corrected chi connectivity index (χ3v) is 3.40. The topological polar surface area (TPSA) is 51.8 Å². The third-order valence-electron chi connectivity index (χ3n) is 3.40. The van der Waals surface area contributed by atoms with E-state index in [1.54, 1.807) is 12.4 Å². The molecule has 3 heteroatoms. The Kier molecular flexibility index (Phi) is 2.97. The summed E-state index contributed by atoms with van der Waals surface area (Å²) in [6, 6.07) is 13.8. The number of rotatable bonds is 2. The molecule has 3 rings (SSSR count). The van der Waals surface area contributed by atoms with Crippen LogP contribution < -0.4 is 5.73 Å². The van der Waals surface area contributed by atoms with Gasteiger partial charge in [-0.1, -0.05) is 24.3 Å². The van der Waals surface area contributed by atoms with Gasteiger partial charge in [0.1, 0.15) is 0 Å². The Bertz CT molecular complexity index is 717. The molecule has 1 atom stereocenters. The van der Waals surface area contributed by atoms with E-state index in [1.165, 1.54) is 0 Å². The minimum Gasteiger partial charge on any atom is -0.320 e. The molecular weight excluding hydrogens is 234 g/mol. The van der Waals surface area contributed by atoms with Gasteiger partial charge in [0.25, 0.3) is 0 Å². The minimum absolute atomic E-state index is 0.179. The van der Waals surface area contributed by atoms with E-state index in [-0.39, 0.29) is 6.04 Å². The van der Waals surface area contributed by atoms with Crippen molar-refractivity contribution in [2.24, 2.45) is 5.73 Å². The lowest BCUT2D eigenvalue weighted by Gasteiger charge is -2.16. The van der Waals surface area contributed by atoms with Gasteiger partial charge in [0.15, 0.2) is 0 Å².